The van der Waals surface area contributed by atoms with Crippen LogP contribution in [0, 0.1) is 13.0 Å². The maximum absolute atomic E-state index is 4.49. The summed E-state index contributed by atoms with van der Waals surface area (Å²) in [6.07, 6.45) is 0. The molecule has 3 nitrogen and oxygen atoms in total. The molecule has 0 aliphatic rings. The monoisotopic (exact) mass is 503 g/mol. The average Bonchev–Trinajstić information content (AvgIpc) is 3.08. The summed E-state index contributed by atoms with van der Waals surface area (Å²) in [6, 6.07) is 29.5. The van der Waals surface area contributed by atoms with Crippen molar-refractivity contribution < 1.29 is 20.1 Å². The van der Waals surface area contributed by atoms with E-state index in [4.69, 9.17) is 0 Å². The second-order valence-corrected chi connectivity index (χ2v) is 5.61. The van der Waals surface area contributed by atoms with Gasteiger partial charge in [-0.05, 0) is 24.6 Å². The zero-order valence-corrected chi connectivity index (χ0v) is 16.1. The summed E-state index contributed by atoms with van der Waals surface area (Å²) >= 11 is 0. The van der Waals surface area contributed by atoms with Crippen molar-refractivity contribution in [2.75, 3.05) is 0 Å². The first-order valence-electron chi connectivity index (χ1n) is 7.88. The Morgan fingerprint density at radius 3 is 2.16 bits per heavy atom. The van der Waals surface area contributed by atoms with E-state index in [1.54, 1.807) is 0 Å². The molecule has 0 saturated heterocycles. The summed E-state index contributed by atoms with van der Waals surface area (Å²) < 4.78 is 2.09. The summed E-state index contributed by atoms with van der Waals surface area (Å²) in [5.74, 6) is 1.63. The van der Waals surface area contributed by atoms with Gasteiger partial charge in [-0.1, -0.05) is 42.5 Å². The Morgan fingerprint density at radius 2 is 1.44 bits per heavy atom. The molecule has 0 atom stereocenters. The van der Waals surface area contributed by atoms with Crippen molar-refractivity contribution in [3.8, 4) is 28.5 Å². The number of para-hydroxylation sites is 1. The first kappa shape index (κ1) is 17.3. The van der Waals surface area contributed by atoms with E-state index in [1.807, 2.05) is 54.6 Å². The minimum Gasteiger partial charge on any atom is -0.316 e. The molecule has 0 bridgehead atoms. The molecule has 0 aliphatic heterocycles. The van der Waals surface area contributed by atoms with E-state index in [0.29, 0.717) is 0 Å². The van der Waals surface area contributed by atoms with Crippen molar-refractivity contribution in [3.63, 3.8) is 0 Å². The topological polar surface area (TPSA) is 30.7 Å². The predicted octanol–water partition coefficient (Wildman–Crippen LogP) is 4.71. The predicted molar refractivity (Wildman–Crippen MR) is 95.8 cm³/mol. The first-order valence-corrected chi connectivity index (χ1v) is 7.88. The van der Waals surface area contributed by atoms with E-state index >= 15 is 0 Å². The molecule has 0 unspecified atom stereocenters. The molecule has 0 N–H and O–H groups in total. The molecular formula is C21H16IrN3-. The summed E-state index contributed by atoms with van der Waals surface area (Å²) in [4.78, 5) is 0. The van der Waals surface area contributed by atoms with Gasteiger partial charge in [0.25, 0.3) is 0 Å². The van der Waals surface area contributed by atoms with Crippen molar-refractivity contribution in [3.05, 3.63) is 90.5 Å². The van der Waals surface area contributed by atoms with Crippen LogP contribution in [0.1, 0.15) is 5.56 Å². The quantitative estimate of drug-likeness (QED) is 0.380. The number of nitrogens with zero attached hydrogens (tertiary/aromatic N) is 3. The van der Waals surface area contributed by atoms with Crippen LogP contribution >= 0.6 is 0 Å². The van der Waals surface area contributed by atoms with Gasteiger partial charge in [0.2, 0.25) is 0 Å². The Bertz CT molecular complexity index is 963. The van der Waals surface area contributed by atoms with Gasteiger partial charge in [-0.15, -0.1) is 41.0 Å². The van der Waals surface area contributed by atoms with E-state index in [0.717, 1.165) is 28.5 Å². The van der Waals surface area contributed by atoms with E-state index in [2.05, 4.69) is 52.0 Å². The number of aromatic nitrogens is 3. The van der Waals surface area contributed by atoms with Gasteiger partial charge in [0, 0.05) is 31.4 Å². The number of hydrogen-bond donors (Lipinski definition) is 0. The van der Waals surface area contributed by atoms with Crippen LogP contribution < -0.4 is 0 Å². The minimum atomic E-state index is 0. The Kier molecular flexibility index (Phi) is 5.22. The second kappa shape index (κ2) is 7.56. The largest absolute Gasteiger partial charge is 0.316 e. The van der Waals surface area contributed by atoms with Gasteiger partial charge < -0.3 is 4.57 Å². The van der Waals surface area contributed by atoms with Crippen LogP contribution in [0.5, 0.6) is 0 Å². The molecule has 1 heterocycles. The zero-order chi connectivity index (χ0) is 16.4. The normalized spacial score (nSPS) is 10.3. The van der Waals surface area contributed by atoms with Crippen LogP contribution in [0.2, 0.25) is 0 Å². The number of benzene rings is 3. The maximum Gasteiger partial charge on any atom is 0.159 e. The first-order chi connectivity index (χ1) is 11.8. The molecule has 1 aromatic heterocycles. The molecule has 125 valence electrons. The second-order valence-electron chi connectivity index (χ2n) is 5.61. The van der Waals surface area contributed by atoms with E-state index in [-0.39, 0.29) is 20.1 Å². The molecule has 0 amide bonds. The third-order valence-corrected chi connectivity index (χ3v) is 4.01. The molecule has 3 aromatic carbocycles. The van der Waals surface area contributed by atoms with Gasteiger partial charge in [-0.25, -0.2) is 0 Å². The average molecular weight is 503 g/mol. The van der Waals surface area contributed by atoms with Crippen molar-refractivity contribution in [1.82, 2.24) is 14.8 Å². The molecule has 4 heteroatoms. The smallest absolute Gasteiger partial charge is 0.159 e. The van der Waals surface area contributed by atoms with Gasteiger partial charge in [-0.3, -0.25) is 0 Å². The van der Waals surface area contributed by atoms with Gasteiger partial charge in [0.05, 0.1) is 5.82 Å². The maximum atomic E-state index is 4.49. The minimum absolute atomic E-state index is 0. The zero-order valence-electron chi connectivity index (χ0n) is 13.7. The number of hydrogen-bond acceptors (Lipinski definition) is 2. The van der Waals surface area contributed by atoms with Gasteiger partial charge in [0.15, 0.2) is 5.82 Å². The SMILES string of the molecule is Cc1ccccc1-c1nnc(-c2[c-]cccc2)n1-c1ccccc1.[Ir]. The fourth-order valence-corrected chi connectivity index (χ4v) is 2.81. The van der Waals surface area contributed by atoms with Gasteiger partial charge >= 0.3 is 0 Å². The molecule has 0 aliphatic carbocycles. The molecule has 1 radical (unpaired) electrons. The van der Waals surface area contributed by atoms with Crippen molar-refractivity contribution in [1.29, 1.82) is 0 Å². The third-order valence-electron chi connectivity index (χ3n) is 4.01. The summed E-state index contributed by atoms with van der Waals surface area (Å²) in [6.45, 7) is 2.09. The number of rotatable bonds is 3. The van der Waals surface area contributed by atoms with Crippen LogP contribution in [0.15, 0.2) is 78.9 Å². The summed E-state index contributed by atoms with van der Waals surface area (Å²) in [5, 5.41) is 8.95. The van der Waals surface area contributed by atoms with Crippen LogP contribution in [-0.4, -0.2) is 14.8 Å². The third kappa shape index (κ3) is 3.32. The molecule has 4 aromatic rings. The van der Waals surface area contributed by atoms with E-state index in [1.165, 1.54) is 5.56 Å². The number of aryl methyl sites for hydroxylation is 1. The fourth-order valence-electron chi connectivity index (χ4n) is 2.81. The Balaban J connectivity index is 0.00000182. The summed E-state index contributed by atoms with van der Waals surface area (Å²) in [5.41, 5.74) is 4.21. The van der Waals surface area contributed by atoms with Crippen molar-refractivity contribution >= 4 is 0 Å². The van der Waals surface area contributed by atoms with Crippen molar-refractivity contribution in [2.45, 2.75) is 6.92 Å². The van der Waals surface area contributed by atoms with Crippen LogP contribution in [0.25, 0.3) is 28.5 Å². The standard InChI is InChI=1S/C21H16N3.Ir/c1-16-10-8-9-15-19(16)21-23-22-20(17-11-4-2-5-12-17)24(21)18-13-6-3-7-14-18;/h2-11,13-15H,1H3;/q-1;. The Hall–Kier alpha value is -2.55. The van der Waals surface area contributed by atoms with Gasteiger partial charge in [-0.2, -0.15) is 5.10 Å². The molecule has 0 saturated carbocycles. The molecule has 25 heavy (non-hydrogen) atoms. The van der Waals surface area contributed by atoms with Crippen LogP contribution in [0.4, 0.5) is 0 Å². The van der Waals surface area contributed by atoms with Gasteiger partial charge in [0.1, 0.15) is 0 Å². The van der Waals surface area contributed by atoms with Crippen molar-refractivity contribution in [2.24, 2.45) is 0 Å². The molecule has 0 spiro atoms. The van der Waals surface area contributed by atoms with Crippen LogP contribution in [-0.2, 0) is 20.1 Å². The van der Waals surface area contributed by atoms with E-state index in [9.17, 15) is 0 Å². The molecular weight excluding hydrogens is 486 g/mol. The molecule has 4 rings (SSSR count). The van der Waals surface area contributed by atoms with E-state index < -0.39 is 0 Å². The van der Waals surface area contributed by atoms with Crippen LogP contribution in [0.3, 0.4) is 0 Å². The Labute approximate surface area is 160 Å². The summed E-state index contributed by atoms with van der Waals surface area (Å²) in [7, 11) is 0. The molecule has 0 fully saturated rings. The fraction of sp³-hybridized carbons (Fsp3) is 0.0476. The Morgan fingerprint density at radius 1 is 0.760 bits per heavy atom.